The first-order valence-corrected chi connectivity index (χ1v) is 7.91. The van der Waals surface area contributed by atoms with Gasteiger partial charge in [-0.25, -0.2) is 0 Å². The Morgan fingerprint density at radius 3 is 2.40 bits per heavy atom. The number of hydrogen-bond donors (Lipinski definition) is 0. The van der Waals surface area contributed by atoms with Crippen molar-refractivity contribution in [3.05, 3.63) is 0 Å². The van der Waals surface area contributed by atoms with E-state index in [1.807, 2.05) is 0 Å². The predicted octanol–water partition coefficient (Wildman–Crippen LogP) is 3.23. The Hall–Kier alpha value is -1.06. The molecule has 1 heterocycles. The van der Waals surface area contributed by atoms with Crippen LogP contribution in [0.3, 0.4) is 0 Å². The fraction of sp³-hybridized carbons (Fsp3) is 0.875. The Labute approximate surface area is 121 Å². The van der Waals surface area contributed by atoms with Gasteiger partial charge in [-0.2, -0.15) is 0 Å². The van der Waals surface area contributed by atoms with Gasteiger partial charge in [0.15, 0.2) is 0 Å². The Bertz CT molecular complexity index is 365. The molecule has 3 unspecified atom stereocenters. The smallest absolute Gasteiger partial charge is 0.312 e. The van der Waals surface area contributed by atoms with E-state index < -0.39 is 0 Å². The normalized spacial score (nSPS) is 36.9. The van der Waals surface area contributed by atoms with E-state index in [-0.39, 0.29) is 30.1 Å². The molecule has 0 aromatic carbocycles. The largest absolute Gasteiger partial charge is 0.461 e. The van der Waals surface area contributed by atoms with Crippen LogP contribution in [0.4, 0.5) is 0 Å². The quantitative estimate of drug-likeness (QED) is 0.640. The first kappa shape index (κ1) is 15.3. The summed E-state index contributed by atoms with van der Waals surface area (Å²) in [6.07, 6.45) is 7.32. The third-order valence-electron chi connectivity index (χ3n) is 4.65. The van der Waals surface area contributed by atoms with Gasteiger partial charge in [0, 0.05) is 6.42 Å². The van der Waals surface area contributed by atoms with Crippen LogP contribution in [-0.2, 0) is 19.1 Å². The highest BCUT2D eigenvalue weighted by Crippen LogP contribution is 2.56. The molecular weight excluding hydrogens is 256 g/mol. The minimum Gasteiger partial charge on any atom is -0.461 e. The van der Waals surface area contributed by atoms with Crippen LogP contribution in [0.5, 0.6) is 0 Å². The molecule has 1 aliphatic heterocycles. The van der Waals surface area contributed by atoms with E-state index in [2.05, 4.69) is 6.92 Å². The van der Waals surface area contributed by atoms with Gasteiger partial charge < -0.3 is 9.47 Å². The SMILES string of the molecule is CC1COC(=O)C2(CCCCCCCC(=O)O1)CC2C. The van der Waals surface area contributed by atoms with Gasteiger partial charge in [-0.15, -0.1) is 0 Å². The number of hydrogen-bond acceptors (Lipinski definition) is 4. The molecule has 4 heteroatoms. The number of rotatable bonds is 0. The predicted molar refractivity (Wildman–Crippen MR) is 75.0 cm³/mol. The van der Waals surface area contributed by atoms with Gasteiger partial charge in [-0.3, -0.25) is 9.59 Å². The van der Waals surface area contributed by atoms with E-state index >= 15 is 0 Å². The Balaban J connectivity index is 1.92. The van der Waals surface area contributed by atoms with Crippen molar-refractivity contribution in [1.29, 1.82) is 0 Å². The van der Waals surface area contributed by atoms with E-state index in [0.29, 0.717) is 12.3 Å². The zero-order chi connectivity index (χ0) is 14.6. The average molecular weight is 282 g/mol. The van der Waals surface area contributed by atoms with Crippen LogP contribution in [0.25, 0.3) is 0 Å². The number of ether oxygens (including phenoxy) is 2. The van der Waals surface area contributed by atoms with Crippen LogP contribution in [0.2, 0.25) is 0 Å². The summed E-state index contributed by atoms with van der Waals surface area (Å²) in [5, 5.41) is 0. The molecular formula is C16H26O4. The highest BCUT2D eigenvalue weighted by molar-refractivity contribution is 5.80. The maximum Gasteiger partial charge on any atom is 0.312 e. The third kappa shape index (κ3) is 3.74. The molecule has 2 rings (SSSR count). The van der Waals surface area contributed by atoms with Gasteiger partial charge >= 0.3 is 11.9 Å². The monoisotopic (exact) mass is 282 g/mol. The van der Waals surface area contributed by atoms with Crippen molar-refractivity contribution >= 4 is 11.9 Å². The van der Waals surface area contributed by atoms with Gasteiger partial charge in [0.2, 0.25) is 0 Å². The Morgan fingerprint density at radius 2 is 1.70 bits per heavy atom. The molecule has 1 aliphatic carbocycles. The van der Waals surface area contributed by atoms with Crippen molar-refractivity contribution in [3.8, 4) is 0 Å². The lowest BCUT2D eigenvalue weighted by Crippen LogP contribution is -2.27. The summed E-state index contributed by atoms with van der Waals surface area (Å²) in [5.41, 5.74) is -0.242. The third-order valence-corrected chi connectivity index (χ3v) is 4.65. The molecule has 4 nitrogen and oxygen atoms in total. The van der Waals surface area contributed by atoms with Crippen molar-refractivity contribution in [2.75, 3.05) is 6.61 Å². The zero-order valence-corrected chi connectivity index (χ0v) is 12.7. The van der Waals surface area contributed by atoms with Crippen LogP contribution >= 0.6 is 0 Å². The molecule has 114 valence electrons. The first-order chi connectivity index (χ1) is 9.54. The number of carbonyl (C=O) groups is 2. The van der Waals surface area contributed by atoms with Gasteiger partial charge in [-0.05, 0) is 32.1 Å². The Kier molecular flexibility index (Phi) is 5.06. The molecule has 0 radical (unpaired) electrons. The van der Waals surface area contributed by atoms with Gasteiger partial charge in [0.05, 0.1) is 5.41 Å². The number of cyclic esters (lactones) is 2. The molecule has 1 spiro atoms. The summed E-state index contributed by atoms with van der Waals surface area (Å²) >= 11 is 0. The molecule has 0 N–H and O–H groups in total. The maximum atomic E-state index is 12.2. The number of carbonyl (C=O) groups excluding carboxylic acids is 2. The lowest BCUT2D eigenvalue weighted by molar-refractivity contribution is -0.162. The molecule has 2 aliphatic rings. The molecule has 20 heavy (non-hydrogen) atoms. The summed E-state index contributed by atoms with van der Waals surface area (Å²) in [6, 6.07) is 0. The van der Waals surface area contributed by atoms with Crippen LogP contribution in [0, 0.1) is 11.3 Å². The van der Waals surface area contributed by atoms with Gasteiger partial charge in [0.1, 0.15) is 12.7 Å². The van der Waals surface area contributed by atoms with Crippen molar-refractivity contribution in [1.82, 2.24) is 0 Å². The van der Waals surface area contributed by atoms with Crippen LogP contribution in [0.15, 0.2) is 0 Å². The lowest BCUT2D eigenvalue weighted by Gasteiger charge is -2.19. The minimum atomic E-state index is -0.347. The first-order valence-electron chi connectivity index (χ1n) is 7.91. The van der Waals surface area contributed by atoms with E-state index in [1.54, 1.807) is 6.92 Å². The second-order valence-electron chi connectivity index (χ2n) is 6.43. The van der Waals surface area contributed by atoms with Crippen LogP contribution in [0.1, 0.15) is 65.2 Å². The highest BCUT2D eigenvalue weighted by atomic mass is 16.6. The lowest BCUT2D eigenvalue weighted by atomic mass is 9.95. The topological polar surface area (TPSA) is 52.6 Å². The molecule has 0 aromatic heterocycles. The minimum absolute atomic E-state index is 0.0926. The van der Waals surface area contributed by atoms with Gasteiger partial charge in [-0.1, -0.05) is 32.6 Å². The zero-order valence-electron chi connectivity index (χ0n) is 12.7. The summed E-state index contributed by atoms with van der Waals surface area (Å²) < 4.78 is 10.6. The fourth-order valence-electron chi connectivity index (χ4n) is 3.12. The molecule has 2 fully saturated rings. The molecule has 1 saturated carbocycles. The van der Waals surface area contributed by atoms with Gasteiger partial charge in [0.25, 0.3) is 0 Å². The highest BCUT2D eigenvalue weighted by Gasteiger charge is 2.57. The summed E-state index contributed by atoms with van der Waals surface area (Å²) in [4.78, 5) is 23.8. The molecule has 0 aromatic rings. The number of esters is 2. The van der Waals surface area contributed by atoms with E-state index in [9.17, 15) is 9.59 Å². The second kappa shape index (κ2) is 6.59. The fourth-order valence-corrected chi connectivity index (χ4v) is 3.12. The average Bonchev–Trinajstić information content (AvgIpc) is 3.06. The van der Waals surface area contributed by atoms with E-state index in [1.165, 1.54) is 0 Å². The van der Waals surface area contributed by atoms with Crippen LogP contribution < -0.4 is 0 Å². The molecule has 0 amide bonds. The Morgan fingerprint density at radius 1 is 1.05 bits per heavy atom. The molecule has 3 atom stereocenters. The maximum absolute atomic E-state index is 12.2. The standard InChI is InChI=1S/C16H26O4/c1-12-10-16(12)9-7-5-3-4-6-8-14(17)20-13(2)11-19-15(16)18/h12-13H,3-11H2,1-2H3. The summed E-state index contributed by atoms with van der Waals surface area (Å²) in [6.45, 7) is 4.08. The van der Waals surface area contributed by atoms with Crippen molar-refractivity contribution in [3.63, 3.8) is 0 Å². The van der Waals surface area contributed by atoms with E-state index in [4.69, 9.17) is 9.47 Å². The van der Waals surface area contributed by atoms with E-state index in [0.717, 1.165) is 44.9 Å². The second-order valence-corrected chi connectivity index (χ2v) is 6.43. The summed E-state index contributed by atoms with van der Waals surface area (Å²) in [5.74, 6) is 0.158. The summed E-state index contributed by atoms with van der Waals surface area (Å²) in [7, 11) is 0. The van der Waals surface area contributed by atoms with Crippen molar-refractivity contribution < 1.29 is 19.1 Å². The van der Waals surface area contributed by atoms with Crippen molar-refractivity contribution in [2.24, 2.45) is 11.3 Å². The molecule has 1 saturated heterocycles. The van der Waals surface area contributed by atoms with Crippen molar-refractivity contribution in [2.45, 2.75) is 71.3 Å². The van der Waals surface area contributed by atoms with Crippen LogP contribution in [-0.4, -0.2) is 24.6 Å². The molecule has 0 bridgehead atoms.